The Hall–Kier alpha value is -2.56. The van der Waals surface area contributed by atoms with Gasteiger partial charge in [0.05, 0.1) is 5.52 Å². The molecule has 0 spiro atoms. The van der Waals surface area contributed by atoms with Gasteiger partial charge in [0.15, 0.2) is 0 Å². The number of aromatic nitrogens is 3. The lowest BCUT2D eigenvalue weighted by Gasteiger charge is -2.32. The molecular formula is C21H24N4O. The molecule has 1 saturated heterocycles. The van der Waals surface area contributed by atoms with Crippen molar-refractivity contribution in [2.75, 3.05) is 18.0 Å². The molecule has 3 heterocycles. The van der Waals surface area contributed by atoms with Gasteiger partial charge in [-0.25, -0.2) is 9.97 Å². The quantitative estimate of drug-likeness (QED) is 0.702. The average Bonchev–Trinajstić information content (AvgIpc) is 3.42. The van der Waals surface area contributed by atoms with Crippen LogP contribution in [0.2, 0.25) is 0 Å². The third kappa shape index (κ3) is 3.14. The standard InChI is InChI=1S/C21H24N4O/c1-3-19-18(9-14-25(19)15-16-5-6-16)20(4-1)26-17-7-12-24(13-8-17)21-22-10-2-11-23-21/h1-4,9-11,14,16-17H,5-8,12-13,15H2. The van der Waals surface area contributed by atoms with Gasteiger partial charge in [0.1, 0.15) is 11.9 Å². The first-order valence-corrected chi connectivity index (χ1v) is 9.63. The zero-order valence-corrected chi connectivity index (χ0v) is 14.9. The van der Waals surface area contributed by atoms with E-state index in [4.69, 9.17) is 4.74 Å². The first kappa shape index (κ1) is 15.7. The van der Waals surface area contributed by atoms with Gasteiger partial charge in [0.25, 0.3) is 0 Å². The number of ether oxygens (including phenoxy) is 1. The minimum Gasteiger partial charge on any atom is -0.490 e. The largest absolute Gasteiger partial charge is 0.490 e. The molecule has 1 aliphatic heterocycles. The Morgan fingerprint density at radius 1 is 0.962 bits per heavy atom. The van der Waals surface area contributed by atoms with Crippen LogP contribution in [-0.4, -0.2) is 33.7 Å². The van der Waals surface area contributed by atoms with Crippen LogP contribution >= 0.6 is 0 Å². The normalized spacial score (nSPS) is 18.4. The first-order valence-electron chi connectivity index (χ1n) is 9.63. The fourth-order valence-corrected chi connectivity index (χ4v) is 3.84. The van der Waals surface area contributed by atoms with Crippen LogP contribution in [0.1, 0.15) is 25.7 Å². The van der Waals surface area contributed by atoms with Gasteiger partial charge in [-0.1, -0.05) is 6.07 Å². The van der Waals surface area contributed by atoms with Crippen molar-refractivity contribution in [1.82, 2.24) is 14.5 Å². The molecule has 1 aromatic carbocycles. The second-order valence-corrected chi connectivity index (χ2v) is 7.45. The number of benzene rings is 1. The van der Waals surface area contributed by atoms with E-state index in [9.17, 15) is 0 Å². The minimum absolute atomic E-state index is 0.257. The maximum absolute atomic E-state index is 6.41. The SMILES string of the molecule is c1cnc(N2CCC(Oc3cccc4c3ccn4CC3CC3)CC2)nc1. The number of piperidine rings is 1. The number of nitrogens with zero attached hydrogens (tertiary/aromatic N) is 4. The Labute approximate surface area is 153 Å². The monoisotopic (exact) mass is 348 g/mol. The van der Waals surface area contributed by atoms with Crippen LogP contribution in [0.5, 0.6) is 5.75 Å². The third-order valence-corrected chi connectivity index (χ3v) is 5.50. The molecule has 0 bridgehead atoms. The highest BCUT2D eigenvalue weighted by Crippen LogP contribution is 2.34. The van der Waals surface area contributed by atoms with Gasteiger partial charge in [-0.05, 0) is 43.0 Å². The van der Waals surface area contributed by atoms with Gasteiger partial charge < -0.3 is 14.2 Å². The highest BCUT2D eigenvalue weighted by Gasteiger charge is 2.24. The predicted molar refractivity (Wildman–Crippen MR) is 103 cm³/mol. The highest BCUT2D eigenvalue weighted by molar-refractivity contribution is 5.86. The Bertz CT molecular complexity index is 879. The second kappa shape index (κ2) is 6.63. The van der Waals surface area contributed by atoms with E-state index in [1.165, 1.54) is 23.7 Å². The van der Waals surface area contributed by atoms with Crippen LogP contribution in [0.25, 0.3) is 10.9 Å². The van der Waals surface area contributed by atoms with E-state index >= 15 is 0 Å². The molecule has 5 nitrogen and oxygen atoms in total. The van der Waals surface area contributed by atoms with Crippen LogP contribution in [0, 0.1) is 5.92 Å². The molecule has 2 fully saturated rings. The summed E-state index contributed by atoms with van der Waals surface area (Å²) in [7, 11) is 0. The topological polar surface area (TPSA) is 43.2 Å². The molecule has 0 atom stereocenters. The zero-order chi connectivity index (χ0) is 17.3. The maximum Gasteiger partial charge on any atom is 0.225 e. The Morgan fingerprint density at radius 3 is 2.54 bits per heavy atom. The molecule has 5 rings (SSSR count). The molecule has 134 valence electrons. The van der Waals surface area contributed by atoms with Crippen molar-refractivity contribution in [3.8, 4) is 5.75 Å². The minimum atomic E-state index is 0.257. The van der Waals surface area contributed by atoms with Crippen LogP contribution in [0.3, 0.4) is 0 Å². The van der Waals surface area contributed by atoms with E-state index in [2.05, 4.69) is 49.9 Å². The van der Waals surface area contributed by atoms with E-state index in [0.29, 0.717) is 0 Å². The van der Waals surface area contributed by atoms with Gasteiger partial charge >= 0.3 is 0 Å². The van der Waals surface area contributed by atoms with Crippen molar-refractivity contribution in [2.45, 2.75) is 38.3 Å². The van der Waals surface area contributed by atoms with Crippen molar-refractivity contribution in [1.29, 1.82) is 0 Å². The summed E-state index contributed by atoms with van der Waals surface area (Å²) in [6, 6.07) is 10.5. The maximum atomic E-state index is 6.41. The Balaban J connectivity index is 1.27. The Morgan fingerprint density at radius 2 is 1.77 bits per heavy atom. The predicted octanol–water partition coefficient (Wildman–Crippen LogP) is 3.89. The van der Waals surface area contributed by atoms with Gasteiger partial charge in [-0.2, -0.15) is 0 Å². The zero-order valence-electron chi connectivity index (χ0n) is 14.9. The van der Waals surface area contributed by atoms with Crippen LogP contribution < -0.4 is 9.64 Å². The third-order valence-electron chi connectivity index (χ3n) is 5.50. The summed E-state index contributed by atoms with van der Waals surface area (Å²) in [5.41, 5.74) is 1.30. The highest BCUT2D eigenvalue weighted by atomic mass is 16.5. The lowest BCUT2D eigenvalue weighted by atomic mass is 10.1. The molecule has 2 aliphatic rings. The second-order valence-electron chi connectivity index (χ2n) is 7.45. The fraction of sp³-hybridized carbons (Fsp3) is 0.429. The molecule has 0 amide bonds. The van der Waals surface area contributed by atoms with Crippen molar-refractivity contribution >= 4 is 16.9 Å². The van der Waals surface area contributed by atoms with Crippen LogP contribution in [0.4, 0.5) is 5.95 Å². The number of rotatable bonds is 5. The Kier molecular flexibility index (Phi) is 4.00. The molecule has 0 radical (unpaired) electrons. The molecule has 3 aromatic rings. The first-order chi connectivity index (χ1) is 12.9. The van der Waals surface area contributed by atoms with Crippen LogP contribution in [-0.2, 0) is 6.54 Å². The lowest BCUT2D eigenvalue weighted by molar-refractivity contribution is 0.172. The molecule has 1 aliphatic carbocycles. The fourth-order valence-electron chi connectivity index (χ4n) is 3.84. The smallest absolute Gasteiger partial charge is 0.225 e. The molecule has 0 N–H and O–H groups in total. The van der Waals surface area contributed by atoms with E-state index in [0.717, 1.165) is 50.1 Å². The molecule has 26 heavy (non-hydrogen) atoms. The summed E-state index contributed by atoms with van der Waals surface area (Å²) in [5.74, 6) is 2.72. The summed E-state index contributed by atoms with van der Waals surface area (Å²) in [4.78, 5) is 11.0. The average molecular weight is 348 g/mol. The van der Waals surface area contributed by atoms with Gasteiger partial charge in [-0.3, -0.25) is 0 Å². The van der Waals surface area contributed by atoms with E-state index in [1.807, 2.05) is 6.07 Å². The summed E-state index contributed by atoms with van der Waals surface area (Å²) in [5, 5.41) is 1.24. The molecule has 5 heteroatoms. The van der Waals surface area contributed by atoms with Crippen molar-refractivity contribution < 1.29 is 4.74 Å². The summed E-state index contributed by atoms with van der Waals surface area (Å²) >= 11 is 0. The van der Waals surface area contributed by atoms with E-state index in [-0.39, 0.29) is 6.10 Å². The van der Waals surface area contributed by atoms with Gasteiger partial charge in [0.2, 0.25) is 5.95 Å². The van der Waals surface area contributed by atoms with Crippen molar-refractivity contribution in [3.05, 3.63) is 48.9 Å². The molecule has 2 aromatic heterocycles. The van der Waals surface area contributed by atoms with Crippen molar-refractivity contribution in [2.24, 2.45) is 5.92 Å². The number of hydrogen-bond acceptors (Lipinski definition) is 4. The van der Waals surface area contributed by atoms with Gasteiger partial charge in [-0.15, -0.1) is 0 Å². The lowest BCUT2D eigenvalue weighted by Crippen LogP contribution is -2.39. The number of fused-ring (bicyclic) bond motifs is 1. The van der Waals surface area contributed by atoms with E-state index < -0.39 is 0 Å². The van der Waals surface area contributed by atoms with Crippen molar-refractivity contribution in [3.63, 3.8) is 0 Å². The molecule has 0 unspecified atom stereocenters. The summed E-state index contributed by atoms with van der Waals surface area (Å²) in [6.07, 6.45) is 10.8. The van der Waals surface area contributed by atoms with Gasteiger partial charge in [0, 0.05) is 56.5 Å². The van der Waals surface area contributed by atoms with E-state index in [1.54, 1.807) is 12.4 Å². The molecular weight excluding hydrogens is 324 g/mol. The number of hydrogen-bond donors (Lipinski definition) is 0. The summed E-state index contributed by atoms with van der Waals surface area (Å²) in [6.45, 7) is 3.02. The summed E-state index contributed by atoms with van der Waals surface area (Å²) < 4.78 is 8.79. The molecule has 1 saturated carbocycles. The number of anilines is 1. The van der Waals surface area contributed by atoms with Crippen LogP contribution in [0.15, 0.2) is 48.9 Å².